The van der Waals surface area contributed by atoms with Gasteiger partial charge in [-0.2, -0.15) is 0 Å². The van der Waals surface area contributed by atoms with E-state index in [1.54, 1.807) is 18.6 Å². The highest BCUT2D eigenvalue weighted by Crippen LogP contribution is 2.23. The van der Waals surface area contributed by atoms with Crippen LogP contribution in [0, 0.1) is 6.20 Å². The molecule has 75 valence electrons. The average molecular weight is 207 g/mol. The summed E-state index contributed by atoms with van der Waals surface area (Å²) in [7, 11) is 0. The van der Waals surface area contributed by atoms with Crippen LogP contribution in [-0.2, 0) is 0 Å². The van der Waals surface area contributed by atoms with Crippen molar-refractivity contribution in [1.29, 1.82) is 0 Å². The first kappa shape index (κ1) is 8.91. The number of hydrogen-bond donors (Lipinski definition) is 0. The molecule has 0 atom stereocenters. The summed E-state index contributed by atoms with van der Waals surface area (Å²) in [5.74, 6) is 0. The van der Waals surface area contributed by atoms with E-state index in [4.69, 9.17) is 0 Å². The van der Waals surface area contributed by atoms with Crippen molar-refractivity contribution in [3.63, 3.8) is 0 Å². The number of rotatable bonds is 1. The van der Waals surface area contributed by atoms with Gasteiger partial charge in [0.2, 0.25) is 0 Å². The Labute approximate surface area is 92.0 Å². The van der Waals surface area contributed by atoms with Gasteiger partial charge in [0, 0.05) is 23.3 Å². The molecule has 0 saturated heterocycles. The highest BCUT2D eigenvalue weighted by Gasteiger charge is 2.06. The second kappa shape index (κ2) is 3.66. The standard InChI is InChI=1S/C12H7N4/c1-2-4-11-9(3-1)10(7-15-16-11)12-8-13-5-6-14-12/h1-6,8H. The van der Waals surface area contributed by atoms with Gasteiger partial charge in [0.1, 0.15) is 6.20 Å². The Morgan fingerprint density at radius 2 is 2.00 bits per heavy atom. The predicted molar refractivity (Wildman–Crippen MR) is 59.4 cm³/mol. The Hall–Kier alpha value is -2.36. The third-order valence-electron chi connectivity index (χ3n) is 2.31. The molecule has 0 aliphatic carbocycles. The zero-order valence-corrected chi connectivity index (χ0v) is 8.33. The lowest BCUT2D eigenvalue weighted by Crippen LogP contribution is -1.90. The molecule has 4 heteroatoms. The quantitative estimate of drug-likeness (QED) is 0.611. The topological polar surface area (TPSA) is 51.6 Å². The number of nitrogens with zero attached hydrogens (tertiary/aromatic N) is 4. The maximum Gasteiger partial charge on any atom is 0.124 e. The zero-order chi connectivity index (χ0) is 10.8. The van der Waals surface area contributed by atoms with Crippen molar-refractivity contribution in [2.75, 3.05) is 0 Å². The lowest BCUT2D eigenvalue weighted by atomic mass is 10.1. The van der Waals surface area contributed by atoms with E-state index < -0.39 is 0 Å². The van der Waals surface area contributed by atoms with Gasteiger partial charge in [-0.25, -0.2) is 0 Å². The normalized spacial score (nSPS) is 10.5. The second-order valence-corrected chi connectivity index (χ2v) is 3.29. The van der Waals surface area contributed by atoms with Gasteiger partial charge in [-0.3, -0.25) is 9.97 Å². The molecular formula is C12H7N4. The summed E-state index contributed by atoms with van der Waals surface area (Å²) in [5.41, 5.74) is 2.43. The molecule has 0 fully saturated rings. The van der Waals surface area contributed by atoms with E-state index in [9.17, 15) is 0 Å². The summed E-state index contributed by atoms with van der Waals surface area (Å²) in [6.45, 7) is 0. The van der Waals surface area contributed by atoms with Crippen LogP contribution in [0.1, 0.15) is 0 Å². The molecule has 0 saturated carbocycles. The highest BCUT2D eigenvalue weighted by atomic mass is 15.1. The van der Waals surface area contributed by atoms with Crippen LogP contribution in [-0.4, -0.2) is 20.2 Å². The molecule has 0 N–H and O–H groups in total. The lowest BCUT2D eigenvalue weighted by Gasteiger charge is -2.02. The largest absolute Gasteiger partial charge is 0.261 e. The van der Waals surface area contributed by atoms with Gasteiger partial charge >= 0.3 is 0 Å². The summed E-state index contributed by atoms with van der Waals surface area (Å²) in [6, 6.07) is 7.77. The third kappa shape index (κ3) is 1.40. The summed E-state index contributed by atoms with van der Waals surface area (Å²) < 4.78 is 0. The van der Waals surface area contributed by atoms with E-state index in [0.717, 1.165) is 22.2 Å². The maximum atomic E-state index is 4.24. The van der Waals surface area contributed by atoms with Crippen molar-refractivity contribution >= 4 is 10.9 Å². The van der Waals surface area contributed by atoms with E-state index in [1.807, 2.05) is 24.3 Å². The molecule has 0 amide bonds. The third-order valence-corrected chi connectivity index (χ3v) is 2.31. The summed E-state index contributed by atoms with van der Waals surface area (Å²) >= 11 is 0. The Morgan fingerprint density at radius 1 is 1.06 bits per heavy atom. The highest BCUT2D eigenvalue weighted by molar-refractivity contribution is 5.91. The smallest absolute Gasteiger partial charge is 0.124 e. The van der Waals surface area contributed by atoms with E-state index in [1.165, 1.54) is 0 Å². The molecule has 4 nitrogen and oxygen atoms in total. The minimum Gasteiger partial charge on any atom is -0.261 e. The monoisotopic (exact) mass is 207 g/mol. The van der Waals surface area contributed by atoms with Gasteiger partial charge in [0.15, 0.2) is 0 Å². The molecule has 0 aliphatic heterocycles. The number of benzene rings is 1. The SMILES string of the molecule is [c]1nnc2ccccc2c1-c1cnccn1. The van der Waals surface area contributed by atoms with Gasteiger partial charge in [0.05, 0.1) is 17.4 Å². The van der Waals surface area contributed by atoms with Crippen molar-refractivity contribution in [1.82, 2.24) is 20.2 Å². The van der Waals surface area contributed by atoms with Gasteiger partial charge < -0.3 is 0 Å². The van der Waals surface area contributed by atoms with E-state index in [-0.39, 0.29) is 0 Å². The first-order valence-corrected chi connectivity index (χ1v) is 4.84. The molecule has 2 aromatic heterocycles. The number of aromatic nitrogens is 4. The van der Waals surface area contributed by atoms with Crippen LogP contribution >= 0.6 is 0 Å². The van der Waals surface area contributed by atoms with Gasteiger partial charge in [0.25, 0.3) is 0 Å². The minimum atomic E-state index is 0.758. The average Bonchev–Trinajstić information content (AvgIpc) is 2.39. The molecule has 1 radical (unpaired) electrons. The van der Waals surface area contributed by atoms with E-state index in [0.29, 0.717) is 0 Å². The molecular weight excluding hydrogens is 200 g/mol. The minimum absolute atomic E-state index is 0.758. The predicted octanol–water partition coefficient (Wildman–Crippen LogP) is 1.89. The van der Waals surface area contributed by atoms with Crippen molar-refractivity contribution in [3.05, 3.63) is 49.1 Å². The number of hydrogen-bond acceptors (Lipinski definition) is 4. The summed E-state index contributed by atoms with van der Waals surface area (Å²) in [4.78, 5) is 8.27. The maximum absolute atomic E-state index is 4.24. The van der Waals surface area contributed by atoms with Crippen LogP contribution in [0.4, 0.5) is 0 Å². The lowest BCUT2D eigenvalue weighted by molar-refractivity contribution is 1.06. The van der Waals surface area contributed by atoms with Crippen LogP contribution in [0.5, 0.6) is 0 Å². The fourth-order valence-electron chi connectivity index (χ4n) is 1.58. The van der Waals surface area contributed by atoms with Crippen LogP contribution in [0.2, 0.25) is 0 Å². The molecule has 0 unspecified atom stereocenters. The molecule has 2 heterocycles. The fourth-order valence-corrected chi connectivity index (χ4v) is 1.58. The van der Waals surface area contributed by atoms with Crippen molar-refractivity contribution in [3.8, 4) is 11.3 Å². The van der Waals surface area contributed by atoms with Crippen molar-refractivity contribution < 1.29 is 0 Å². The van der Waals surface area contributed by atoms with Gasteiger partial charge in [-0.1, -0.05) is 18.2 Å². The van der Waals surface area contributed by atoms with Gasteiger partial charge in [-0.05, 0) is 6.07 Å². The fraction of sp³-hybridized carbons (Fsp3) is 0. The second-order valence-electron chi connectivity index (χ2n) is 3.29. The van der Waals surface area contributed by atoms with E-state index >= 15 is 0 Å². The summed E-state index contributed by atoms with van der Waals surface area (Å²) in [5, 5.41) is 8.84. The van der Waals surface area contributed by atoms with Crippen molar-refractivity contribution in [2.45, 2.75) is 0 Å². The van der Waals surface area contributed by atoms with Gasteiger partial charge in [-0.15, -0.1) is 10.2 Å². The van der Waals surface area contributed by atoms with Crippen LogP contribution in [0.25, 0.3) is 22.2 Å². The Morgan fingerprint density at radius 3 is 2.88 bits per heavy atom. The zero-order valence-electron chi connectivity index (χ0n) is 8.33. The first-order chi connectivity index (χ1) is 7.95. The first-order valence-electron chi connectivity index (χ1n) is 4.84. The molecule has 1 aromatic carbocycles. The van der Waals surface area contributed by atoms with Crippen molar-refractivity contribution in [2.24, 2.45) is 0 Å². The summed E-state index contributed by atoms with van der Waals surface area (Å²) in [6.07, 6.45) is 7.85. The Bertz CT molecular complexity index is 617. The molecule has 0 spiro atoms. The molecule has 0 bridgehead atoms. The molecule has 16 heavy (non-hydrogen) atoms. The molecule has 3 rings (SSSR count). The Kier molecular flexibility index (Phi) is 2.04. The van der Waals surface area contributed by atoms with Crippen LogP contribution in [0.3, 0.4) is 0 Å². The van der Waals surface area contributed by atoms with E-state index in [2.05, 4.69) is 26.4 Å². The number of fused-ring (bicyclic) bond motifs is 1. The molecule has 0 aliphatic rings. The van der Waals surface area contributed by atoms with Crippen LogP contribution in [0.15, 0.2) is 42.9 Å². The van der Waals surface area contributed by atoms with Crippen LogP contribution < -0.4 is 0 Å². The Balaban J connectivity index is 2.32. The molecule has 3 aromatic rings.